The van der Waals surface area contributed by atoms with E-state index in [0.29, 0.717) is 0 Å². The summed E-state index contributed by atoms with van der Waals surface area (Å²) in [7, 11) is 0. The molecule has 4 heteroatoms. The van der Waals surface area contributed by atoms with Crippen molar-refractivity contribution in [3.63, 3.8) is 0 Å². The van der Waals surface area contributed by atoms with E-state index in [1.807, 2.05) is 53.9 Å². The fraction of sp³-hybridized carbons (Fsp3) is 0.278. The van der Waals surface area contributed by atoms with Crippen molar-refractivity contribution >= 4 is 5.65 Å². The molecule has 3 aromatic rings. The van der Waals surface area contributed by atoms with E-state index in [1.165, 1.54) is 0 Å². The Morgan fingerprint density at radius 2 is 1.95 bits per heavy atom. The van der Waals surface area contributed by atoms with Gasteiger partial charge in [0.15, 0.2) is 0 Å². The van der Waals surface area contributed by atoms with Gasteiger partial charge >= 0.3 is 0 Å². The number of nitrogens with zero attached hydrogens (tertiary/aromatic N) is 2. The van der Waals surface area contributed by atoms with Crippen molar-refractivity contribution in [3.05, 3.63) is 53.9 Å². The van der Waals surface area contributed by atoms with Gasteiger partial charge in [0.1, 0.15) is 11.4 Å². The largest absolute Gasteiger partial charge is 0.494 e. The summed E-state index contributed by atoms with van der Waals surface area (Å²) < 4.78 is 7.54. The van der Waals surface area contributed by atoms with Crippen LogP contribution in [0.1, 0.15) is 24.6 Å². The third-order valence-electron chi connectivity index (χ3n) is 3.63. The number of imidazole rings is 1. The summed E-state index contributed by atoms with van der Waals surface area (Å²) in [5.41, 5.74) is 4.60. The SMILES string of the molecule is CCCOc1ccc(-c2nc3cc(C)ccn3c2CO)cc1. The molecule has 1 N–H and O–H groups in total. The van der Waals surface area contributed by atoms with E-state index in [9.17, 15) is 5.11 Å². The lowest BCUT2D eigenvalue weighted by Crippen LogP contribution is -1.95. The number of aryl methyl sites for hydroxylation is 1. The van der Waals surface area contributed by atoms with Crippen molar-refractivity contribution in [2.45, 2.75) is 26.9 Å². The Bertz CT molecular complexity index is 776. The van der Waals surface area contributed by atoms with Crippen LogP contribution in [0.15, 0.2) is 42.6 Å². The van der Waals surface area contributed by atoms with Gasteiger partial charge in [-0.25, -0.2) is 4.98 Å². The highest BCUT2D eigenvalue weighted by Crippen LogP contribution is 2.26. The minimum absolute atomic E-state index is 0.0480. The van der Waals surface area contributed by atoms with Crippen LogP contribution in [-0.4, -0.2) is 21.1 Å². The maximum absolute atomic E-state index is 9.72. The molecule has 3 rings (SSSR count). The second kappa shape index (κ2) is 6.20. The maximum Gasteiger partial charge on any atom is 0.138 e. The normalized spacial score (nSPS) is 11.0. The Labute approximate surface area is 130 Å². The topological polar surface area (TPSA) is 46.8 Å². The number of rotatable bonds is 5. The molecule has 0 amide bonds. The van der Waals surface area contributed by atoms with Crippen LogP contribution in [0.25, 0.3) is 16.9 Å². The molecule has 0 spiro atoms. The van der Waals surface area contributed by atoms with Crippen molar-refractivity contribution in [2.75, 3.05) is 6.61 Å². The molecule has 0 radical (unpaired) electrons. The molecule has 0 fully saturated rings. The number of benzene rings is 1. The predicted molar refractivity (Wildman–Crippen MR) is 87.1 cm³/mol. The molecule has 0 saturated heterocycles. The Morgan fingerprint density at radius 3 is 2.64 bits per heavy atom. The predicted octanol–water partition coefficient (Wildman–Crippen LogP) is 3.59. The quantitative estimate of drug-likeness (QED) is 0.782. The van der Waals surface area contributed by atoms with E-state index in [-0.39, 0.29) is 6.61 Å². The second-order valence-corrected chi connectivity index (χ2v) is 5.37. The number of hydrogen-bond acceptors (Lipinski definition) is 3. The molecule has 0 aliphatic heterocycles. The molecule has 2 aromatic heterocycles. The molecule has 2 heterocycles. The summed E-state index contributed by atoms with van der Waals surface area (Å²) >= 11 is 0. The van der Waals surface area contributed by atoms with Crippen LogP contribution >= 0.6 is 0 Å². The van der Waals surface area contributed by atoms with Gasteiger partial charge in [-0.15, -0.1) is 0 Å². The first kappa shape index (κ1) is 14.6. The molecular formula is C18H20N2O2. The first-order valence-corrected chi connectivity index (χ1v) is 7.54. The van der Waals surface area contributed by atoms with Crippen LogP contribution in [0.5, 0.6) is 5.75 Å². The summed E-state index contributed by atoms with van der Waals surface area (Å²) in [5.74, 6) is 0.857. The van der Waals surface area contributed by atoms with Crippen LogP contribution in [0.4, 0.5) is 0 Å². The number of ether oxygens (including phenoxy) is 1. The number of aliphatic hydroxyl groups is 1. The highest BCUT2D eigenvalue weighted by atomic mass is 16.5. The van der Waals surface area contributed by atoms with Gasteiger partial charge in [-0.05, 0) is 55.3 Å². The molecule has 0 atom stereocenters. The van der Waals surface area contributed by atoms with Crippen molar-refractivity contribution in [3.8, 4) is 17.0 Å². The van der Waals surface area contributed by atoms with Crippen molar-refractivity contribution in [2.24, 2.45) is 0 Å². The number of hydrogen-bond donors (Lipinski definition) is 1. The molecule has 0 aliphatic rings. The van der Waals surface area contributed by atoms with Crippen molar-refractivity contribution < 1.29 is 9.84 Å². The number of aliphatic hydroxyl groups excluding tert-OH is 1. The van der Waals surface area contributed by atoms with E-state index >= 15 is 0 Å². The molecule has 4 nitrogen and oxygen atoms in total. The molecule has 0 unspecified atom stereocenters. The van der Waals surface area contributed by atoms with Crippen LogP contribution < -0.4 is 4.74 Å². The van der Waals surface area contributed by atoms with Crippen LogP contribution in [0, 0.1) is 6.92 Å². The summed E-state index contributed by atoms with van der Waals surface area (Å²) in [4.78, 5) is 4.67. The summed E-state index contributed by atoms with van der Waals surface area (Å²) in [5, 5.41) is 9.72. The molecule has 1 aromatic carbocycles. The van der Waals surface area contributed by atoms with E-state index in [2.05, 4.69) is 11.9 Å². The average Bonchev–Trinajstić information content (AvgIpc) is 2.90. The minimum atomic E-state index is -0.0480. The number of pyridine rings is 1. The summed E-state index contributed by atoms with van der Waals surface area (Å²) in [6.07, 6.45) is 2.94. The number of aromatic nitrogens is 2. The average molecular weight is 296 g/mol. The third kappa shape index (κ3) is 2.70. The second-order valence-electron chi connectivity index (χ2n) is 5.37. The van der Waals surface area contributed by atoms with Gasteiger partial charge in [0, 0.05) is 11.8 Å². The minimum Gasteiger partial charge on any atom is -0.494 e. The number of fused-ring (bicyclic) bond motifs is 1. The zero-order valence-corrected chi connectivity index (χ0v) is 12.9. The standard InChI is InChI=1S/C18H20N2O2/c1-3-10-22-15-6-4-14(5-7-15)18-16(12-21)20-9-8-13(2)11-17(20)19-18/h4-9,11,21H,3,10,12H2,1-2H3. The van der Waals surface area contributed by atoms with E-state index in [4.69, 9.17) is 4.74 Å². The third-order valence-corrected chi connectivity index (χ3v) is 3.63. The Balaban J connectivity index is 2.01. The van der Waals surface area contributed by atoms with Crippen LogP contribution in [0.2, 0.25) is 0 Å². The van der Waals surface area contributed by atoms with Crippen LogP contribution in [0.3, 0.4) is 0 Å². The molecule has 0 bridgehead atoms. The molecule has 0 aliphatic carbocycles. The molecular weight excluding hydrogens is 276 g/mol. The monoisotopic (exact) mass is 296 g/mol. The zero-order chi connectivity index (χ0) is 15.5. The van der Waals surface area contributed by atoms with E-state index < -0.39 is 0 Å². The van der Waals surface area contributed by atoms with E-state index in [0.717, 1.165) is 46.9 Å². The lowest BCUT2D eigenvalue weighted by molar-refractivity contribution is 0.276. The van der Waals surface area contributed by atoms with Crippen molar-refractivity contribution in [1.29, 1.82) is 0 Å². The smallest absolute Gasteiger partial charge is 0.138 e. The molecule has 0 saturated carbocycles. The van der Waals surface area contributed by atoms with Gasteiger partial charge < -0.3 is 14.2 Å². The zero-order valence-electron chi connectivity index (χ0n) is 12.9. The highest BCUT2D eigenvalue weighted by Gasteiger charge is 2.13. The van der Waals surface area contributed by atoms with Gasteiger partial charge in [-0.2, -0.15) is 0 Å². The highest BCUT2D eigenvalue weighted by molar-refractivity contribution is 5.67. The van der Waals surface area contributed by atoms with Gasteiger partial charge in [0.25, 0.3) is 0 Å². The van der Waals surface area contributed by atoms with Crippen LogP contribution in [-0.2, 0) is 6.61 Å². The first-order chi connectivity index (χ1) is 10.7. The Hall–Kier alpha value is -2.33. The van der Waals surface area contributed by atoms with Gasteiger partial charge in [0.05, 0.1) is 24.6 Å². The van der Waals surface area contributed by atoms with Gasteiger partial charge in [-0.3, -0.25) is 0 Å². The first-order valence-electron chi connectivity index (χ1n) is 7.54. The van der Waals surface area contributed by atoms with Crippen molar-refractivity contribution in [1.82, 2.24) is 9.38 Å². The lowest BCUT2D eigenvalue weighted by Gasteiger charge is -2.06. The summed E-state index contributed by atoms with van der Waals surface area (Å²) in [6.45, 7) is 4.79. The molecule has 22 heavy (non-hydrogen) atoms. The maximum atomic E-state index is 9.72. The summed E-state index contributed by atoms with van der Waals surface area (Å²) in [6, 6.07) is 11.9. The molecule has 114 valence electrons. The lowest BCUT2D eigenvalue weighted by atomic mass is 10.1. The fourth-order valence-electron chi connectivity index (χ4n) is 2.51. The fourth-order valence-corrected chi connectivity index (χ4v) is 2.51. The van der Waals surface area contributed by atoms with Gasteiger partial charge in [-0.1, -0.05) is 6.92 Å². The van der Waals surface area contributed by atoms with Gasteiger partial charge in [0.2, 0.25) is 0 Å². The Morgan fingerprint density at radius 1 is 1.18 bits per heavy atom. The Kier molecular flexibility index (Phi) is 4.11. The van der Waals surface area contributed by atoms with E-state index in [1.54, 1.807) is 0 Å².